The predicted octanol–water partition coefficient (Wildman–Crippen LogP) is 13.0. The minimum absolute atomic E-state index is 0.107. The Morgan fingerprint density at radius 2 is 0.843 bits per heavy atom. The third-order valence-electron chi connectivity index (χ3n) is 11.5. The average molecular weight is 652 g/mol. The van der Waals surface area contributed by atoms with Crippen LogP contribution in [0, 0.1) is 0 Å². The van der Waals surface area contributed by atoms with E-state index >= 15 is 0 Å². The second kappa shape index (κ2) is 11.2. The zero-order valence-electron chi connectivity index (χ0n) is 28.8. The van der Waals surface area contributed by atoms with Crippen molar-refractivity contribution < 1.29 is 0 Å². The summed E-state index contributed by atoms with van der Waals surface area (Å²) in [6.07, 6.45) is 0. The van der Waals surface area contributed by atoms with Crippen molar-refractivity contribution in [2.45, 2.75) is 24.7 Å². The summed E-state index contributed by atoms with van der Waals surface area (Å²) in [5.41, 5.74) is 16.4. The summed E-state index contributed by atoms with van der Waals surface area (Å²) < 4.78 is 0. The largest absolute Gasteiger partial charge is 0.310 e. The molecule has 8 aromatic rings. The van der Waals surface area contributed by atoms with E-state index in [-0.39, 0.29) is 10.8 Å². The molecule has 1 nitrogen and oxygen atoms in total. The van der Waals surface area contributed by atoms with E-state index in [2.05, 4.69) is 207 Å². The predicted molar refractivity (Wildman–Crippen MR) is 213 cm³/mol. The molecule has 1 heteroatoms. The molecule has 10 rings (SSSR count). The van der Waals surface area contributed by atoms with Crippen LogP contribution in [0.25, 0.3) is 33.0 Å². The molecule has 0 unspecified atom stereocenters. The molecular weight excluding hydrogens is 615 g/mol. The van der Waals surface area contributed by atoms with Gasteiger partial charge in [0.15, 0.2) is 0 Å². The van der Waals surface area contributed by atoms with Crippen LogP contribution >= 0.6 is 0 Å². The Kier molecular flexibility index (Phi) is 6.51. The highest BCUT2D eigenvalue weighted by Gasteiger charge is 2.53. The lowest BCUT2D eigenvalue weighted by atomic mass is 9.55. The van der Waals surface area contributed by atoms with Gasteiger partial charge >= 0.3 is 0 Å². The molecule has 0 heterocycles. The van der Waals surface area contributed by atoms with Gasteiger partial charge in [0.1, 0.15) is 0 Å². The van der Waals surface area contributed by atoms with Gasteiger partial charge in [0.05, 0.1) is 11.1 Å². The zero-order chi connectivity index (χ0) is 34.2. The summed E-state index contributed by atoms with van der Waals surface area (Å²) in [6, 6.07) is 69.5. The fourth-order valence-corrected chi connectivity index (χ4v) is 9.35. The van der Waals surface area contributed by atoms with E-state index < -0.39 is 0 Å². The fourth-order valence-electron chi connectivity index (χ4n) is 9.35. The standard InChI is InChI=1S/C50H37N/c1-49(2)44-26-11-13-28-46(44)50(47-29-14-12-27-45(47)49)42-25-10-9-21-39(42)41-33-34(31-32-43(41)50)37-22-15-24-40-38(37)23-16-30-48(40)51(35-17-5-3-6-18-35)36-19-7-4-8-20-36/h3-33H,1-2H3. The SMILES string of the molecule is CC1(C)c2ccccc2C2(c3ccccc3-c3cc(-c4cccc5c(N(c6ccccc6)c6ccccc6)cccc45)ccc32)c2ccccc21. The van der Waals surface area contributed by atoms with E-state index in [1.165, 1.54) is 66.4 Å². The minimum Gasteiger partial charge on any atom is -0.310 e. The van der Waals surface area contributed by atoms with Gasteiger partial charge in [-0.15, -0.1) is 0 Å². The Morgan fingerprint density at radius 3 is 1.49 bits per heavy atom. The molecule has 0 saturated carbocycles. The molecule has 0 N–H and O–H groups in total. The van der Waals surface area contributed by atoms with E-state index in [9.17, 15) is 0 Å². The number of rotatable bonds is 4. The number of benzene rings is 8. The van der Waals surface area contributed by atoms with E-state index in [1.807, 2.05) is 0 Å². The maximum atomic E-state index is 2.46. The lowest BCUT2D eigenvalue weighted by molar-refractivity contribution is 0.563. The molecule has 0 amide bonds. The van der Waals surface area contributed by atoms with E-state index in [4.69, 9.17) is 0 Å². The van der Waals surface area contributed by atoms with Gasteiger partial charge in [-0.3, -0.25) is 0 Å². The highest BCUT2D eigenvalue weighted by Crippen LogP contribution is 2.62. The molecular formula is C50H37N. The summed E-state index contributed by atoms with van der Waals surface area (Å²) in [5, 5.41) is 2.46. The summed E-state index contributed by atoms with van der Waals surface area (Å²) in [6.45, 7) is 4.77. The quantitative estimate of drug-likeness (QED) is 0.183. The van der Waals surface area contributed by atoms with Gasteiger partial charge in [-0.05, 0) is 97.4 Å². The van der Waals surface area contributed by atoms with Gasteiger partial charge in [0, 0.05) is 22.2 Å². The van der Waals surface area contributed by atoms with Crippen LogP contribution in [0.4, 0.5) is 17.1 Å². The zero-order valence-corrected chi connectivity index (χ0v) is 28.8. The number of anilines is 3. The van der Waals surface area contributed by atoms with E-state index in [0.717, 1.165) is 17.1 Å². The van der Waals surface area contributed by atoms with Crippen molar-refractivity contribution in [3.8, 4) is 22.3 Å². The van der Waals surface area contributed by atoms with Crippen molar-refractivity contribution in [1.82, 2.24) is 0 Å². The Bertz CT molecular complexity index is 2530. The minimum atomic E-state index is -0.384. The van der Waals surface area contributed by atoms with Crippen LogP contribution in [0.2, 0.25) is 0 Å². The molecule has 0 aromatic heterocycles. The Labute approximate surface area is 300 Å². The first kappa shape index (κ1) is 29.7. The molecule has 0 fully saturated rings. The molecule has 2 aliphatic rings. The average Bonchev–Trinajstić information content (AvgIpc) is 3.48. The van der Waals surface area contributed by atoms with Crippen LogP contribution in [0.1, 0.15) is 47.2 Å². The van der Waals surface area contributed by atoms with Crippen molar-refractivity contribution in [2.24, 2.45) is 0 Å². The van der Waals surface area contributed by atoms with Gasteiger partial charge in [0.2, 0.25) is 0 Å². The molecule has 0 bridgehead atoms. The van der Waals surface area contributed by atoms with E-state index in [1.54, 1.807) is 0 Å². The second-order valence-corrected chi connectivity index (χ2v) is 14.5. The number of nitrogens with zero attached hydrogens (tertiary/aromatic N) is 1. The highest BCUT2D eigenvalue weighted by molar-refractivity contribution is 6.06. The smallest absolute Gasteiger partial charge is 0.0719 e. The number of hydrogen-bond donors (Lipinski definition) is 0. The first-order valence-electron chi connectivity index (χ1n) is 18.0. The molecule has 0 radical (unpaired) electrons. The molecule has 0 aliphatic heterocycles. The summed E-state index contributed by atoms with van der Waals surface area (Å²) in [5.74, 6) is 0. The van der Waals surface area contributed by atoms with Gasteiger partial charge in [0.25, 0.3) is 0 Å². The summed E-state index contributed by atoms with van der Waals surface area (Å²) in [4.78, 5) is 2.37. The fraction of sp³-hybridized carbons (Fsp3) is 0.0800. The van der Waals surface area contributed by atoms with Crippen LogP contribution in [-0.2, 0) is 10.8 Å². The maximum absolute atomic E-state index is 2.46. The van der Waals surface area contributed by atoms with Crippen molar-refractivity contribution in [3.05, 3.63) is 221 Å². The second-order valence-electron chi connectivity index (χ2n) is 14.5. The van der Waals surface area contributed by atoms with Crippen molar-refractivity contribution >= 4 is 27.8 Å². The van der Waals surface area contributed by atoms with Crippen molar-refractivity contribution in [3.63, 3.8) is 0 Å². The first-order valence-corrected chi connectivity index (χ1v) is 18.0. The lowest BCUT2D eigenvalue weighted by Crippen LogP contribution is -2.40. The van der Waals surface area contributed by atoms with Gasteiger partial charge in [-0.1, -0.05) is 166 Å². The maximum Gasteiger partial charge on any atom is 0.0719 e. The molecule has 8 aromatic carbocycles. The van der Waals surface area contributed by atoms with Crippen molar-refractivity contribution in [1.29, 1.82) is 0 Å². The van der Waals surface area contributed by atoms with E-state index in [0.29, 0.717) is 0 Å². The number of fused-ring (bicyclic) bond motifs is 10. The first-order chi connectivity index (χ1) is 25.1. The van der Waals surface area contributed by atoms with Crippen LogP contribution in [0.15, 0.2) is 188 Å². The third kappa shape index (κ3) is 4.15. The van der Waals surface area contributed by atoms with Crippen LogP contribution < -0.4 is 4.90 Å². The molecule has 0 saturated heterocycles. The van der Waals surface area contributed by atoms with Crippen LogP contribution in [0.5, 0.6) is 0 Å². The van der Waals surface area contributed by atoms with Gasteiger partial charge in [-0.25, -0.2) is 0 Å². The monoisotopic (exact) mass is 651 g/mol. The number of hydrogen-bond acceptors (Lipinski definition) is 1. The van der Waals surface area contributed by atoms with Crippen molar-refractivity contribution in [2.75, 3.05) is 4.90 Å². The third-order valence-corrected chi connectivity index (χ3v) is 11.5. The highest BCUT2D eigenvalue weighted by atomic mass is 15.1. The number of para-hydroxylation sites is 2. The van der Waals surface area contributed by atoms with Crippen LogP contribution in [-0.4, -0.2) is 0 Å². The summed E-state index contributed by atoms with van der Waals surface area (Å²) in [7, 11) is 0. The van der Waals surface area contributed by atoms with Gasteiger partial charge < -0.3 is 4.90 Å². The van der Waals surface area contributed by atoms with Gasteiger partial charge in [-0.2, -0.15) is 0 Å². The summed E-state index contributed by atoms with van der Waals surface area (Å²) >= 11 is 0. The molecule has 51 heavy (non-hydrogen) atoms. The Morgan fingerprint density at radius 1 is 0.353 bits per heavy atom. The Hall–Kier alpha value is -6.18. The molecule has 1 spiro atoms. The normalized spacial score (nSPS) is 14.4. The Balaban J connectivity index is 1.20. The topological polar surface area (TPSA) is 3.24 Å². The molecule has 0 atom stereocenters. The lowest BCUT2D eigenvalue weighted by Gasteiger charge is -2.46. The molecule has 2 aliphatic carbocycles. The molecule has 242 valence electrons. The van der Waals surface area contributed by atoms with Crippen LogP contribution in [0.3, 0.4) is 0 Å².